The third-order valence-corrected chi connectivity index (χ3v) is 5.00. The number of aliphatic carboxylic acids is 1. The quantitative estimate of drug-likeness (QED) is 0.832. The Morgan fingerprint density at radius 3 is 2.83 bits per heavy atom. The first-order valence-corrected chi connectivity index (χ1v) is 7.32. The molecule has 4 unspecified atom stereocenters. The van der Waals surface area contributed by atoms with E-state index in [4.69, 9.17) is 4.74 Å². The molecule has 0 aromatic heterocycles. The molecule has 4 nitrogen and oxygen atoms in total. The summed E-state index contributed by atoms with van der Waals surface area (Å²) < 4.78 is 5.43. The van der Waals surface area contributed by atoms with E-state index in [1.165, 1.54) is 25.7 Å². The molecule has 3 rings (SSSR count). The van der Waals surface area contributed by atoms with Gasteiger partial charge in [-0.05, 0) is 37.5 Å². The molecule has 4 atom stereocenters. The molecule has 4 heteroatoms. The lowest BCUT2D eigenvalue weighted by Gasteiger charge is -2.34. The first-order chi connectivity index (χ1) is 8.75. The lowest BCUT2D eigenvalue weighted by Crippen LogP contribution is -2.44. The topological polar surface area (TPSA) is 49.8 Å². The van der Waals surface area contributed by atoms with Crippen LogP contribution in [0.4, 0.5) is 0 Å². The van der Waals surface area contributed by atoms with E-state index in [9.17, 15) is 9.90 Å². The average Bonchev–Trinajstić information content (AvgIpc) is 2.98. The van der Waals surface area contributed by atoms with Crippen molar-refractivity contribution < 1.29 is 14.6 Å². The first kappa shape index (κ1) is 12.4. The van der Waals surface area contributed by atoms with Crippen LogP contribution < -0.4 is 0 Å². The van der Waals surface area contributed by atoms with Gasteiger partial charge in [0, 0.05) is 19.2 Å². The summed E-state index contributed by atoms with van der Waals surface area (Å²) in [5.41, 5.74) is 0. The Labute approximate surface area is 108 Å². The van der Waals surface area contributed by atoms with Gasteiger partial charge in [0.05, 0.1) is 6.61 Å². The highest BCUT2D eigenvalue weighted by Gasteiger charge is 2.45. The second-order valence-corrected chi connectivity index (χ2v) is 6.13. The zero-order valence-electron chi connectivity index (χ0n) is 10.9. The molecular formula is C14H23NO3. The molecule has 0 radical (unpaired) electrons. The zero-order chi connectivity index (χ0) is 12.5. The van der Waals surface area contributed by atoms with Crippen molar-refractivity contribution in [2.75, 3.05) is 19.8 Å². The summed E-state index contributed by atoms with van der Waals surface area (Å²) >= 11 is 0. The molecule has 1 saturated carbocycles. The van der Waals surface area contributed by atoms with Gasteiger partial charge >= 0.3 is 5.97 Å². The minimum atomic E-state index is -0.622. The summed E-state index contributed by atoms with van der Waals surface area (Å²) in [5, 5.41) is 9.43. The minimum absolute atomic E-state index is 0.237. The van der Waals surface area contributed by atoms with Gasteiger partial charge in [0.15, 0.2) is 0 Å². The van der Waals surface area contributed by atoms with E-state index < -0.39 is 5.97 Å². The van der Waals surface area contributed by atoms with Crippen LogP contribution in [0.2, 0.25) is 0 Å². The van der Waals surface area contributed by atoms with Gasteiger partial charge in [0.2, 0.25) is 0 Å². The van der Waals surface area contributed by atoms with Crippen molar-refractivity contribution in [1.82, 2.24) is 4.90 Å². The summed E-state index contributed by atoms with van der Waals surface area (Å²) in [5.74, 6) is 0.554. The van der Waals surface area contributed by atoms with Crippen LogP contribution in [-0.2, 0) is 9.53 Å². The Morgan fingerprint density at radius 2 is 2.11 bits per heavy atom. The molecule has 3 fully saturated rings. The fourth-order valence-corrected chi connectivity index (χ4v) is 4.08. The molecule has 0 aromatic carbocycles. The highest BCUT2D eigenvalue weighted by Crippen LogP contribution is 2.40. The van der Waals surface area contributed by atoms with Crippen molar-refractivity contribution >= 4 is 5.97 Å². The third-order valence-electron chi connectivity index (χ3n) is 5.00. The van der Waals surface area contributed by atoms with Crippen LogP contribution in [0.1, 0.15) is 38.5 Å². The number of nitrogens with zero attached hydrogens (tertiary/aromatic N) is 1. The number of rotatable bonds is 3. The monoisotopic (exact) mass is 253 g/mol. The lowest BCUT2D eigenvalue weighted by molar-refractivity contribution is -0.142. The van der Waals surface area contributed by atoms with Gasteiger partial charge in [0.1, 0.15) is 6.04 Å². The van der Waals surface area contributed by atoms with Gasteiger partial charge in [-0.15, -0.1) is 0 Å². The summed E-state index contributed by atoms with van der Waals surface area (Å²) in [6.45, 7) is 2.60. The number of fused-ring (bicyclic) bond motifs is 1. The van der Waals surface area contributed by atoms with Gasteiger partial charge in [0.25, 0.3) is 0 Å². The molecular weight excluding hydrogens is 230 g/mol. The second-order valence-electron chi connectivity index (χ2n) is 6.13. The standard InChI is InChI=1S/C14H23NO3/c16-14(17)13-7-11-3-1-2-4-12(11)15(13)8-10-5-6-18-9-10/h10-13H,1-9H2,(H,16,17). The Kier molecular flexibility index (Phi) is 3.57. The smallest absolute Gasteiger partial charge is 0.320 e. The van der Waals surface area contributed by atoms with Gasteiger partial charge in [-0.3, -0.25) is 9.69 Å². The van der Waals surface area contributed by atoms with E-state index in [-0.39, 0.29) is 6.04 Å². The van der Waals surface area contributed by atoms with Crippen LogP contribution in [0.3, 0.4) is 0 Å². The maximum absolute atomic E-state index is 11.5. The van der Waals surface area contributed by atoms with Crippen molar-refractivity contribution in [3.63, 3.8) is 0 Å². The van der Waals surface area contributed by atoms with Crippen molar-refractivity contribution in [2.24, 2.45) is 11.8 Å². The van der Waals surface area contributed by atoms with Crippen molar-refractivity contribution in [3.8, 4) is 0 Å². The van der Waals surface area contributed by atoms with Crippen LogP contribution in [0, 0.1) is 11.8 Å². The second kappa shape index (κ2) is 5.17. The van der Waals surface area contributed by atoms with Gasteiger partial charge in [-0.1, -0.05) is 12.8 Å². The van der Waals surface area contributed by atoms with E-state index in [1.807, 2.05) is 0 Å². The van der Waals surface area contributed by atoms with E-state index in [0.717, 1.165) is 32.6 Å². The van der Waals surface area contributed by atoms with Crippen molar-refractivity contribution in [1.29, 1.82) is 0 Å². The normalized spacial score (nSPS) is 40.9. The number of hydrogen-bond acceptors (Lipinski definition) is 3. The van der Waals surface area contributed by atoms with Crippen molar-refractivity contribution in [3.05, 3.63) is 0 Å². The number of carboxylic acids is 1. The minimum Gasteiger partial charge on any atom is -0.480 e. The van der Waals surface area contributed by atoms with Crippen LogP contribution in [0.15, 0.2) is 0 Å². The SMILES string of the molecule is O=C(O)C1CC2CCCCC2N1CC1CCOC1. The van der Waals surface area contributed by atoms with Crippen LogP contribution in [-0.4, -0.2) is 47.8 Å². The Hall–Kier alpha value is -0.610. The molecule has 2 heterocycles. The Balaban J connectivity index is 1.71. The van der Waals surface area contributed by atoms with Crippen LogP contribution >= 0.6 is 0 Å². The number of likely N-dealkylation sites (tertiary alicyclic amines) is 1. The van der Waals surface area contributed by atoms with Gasteiger partial charge < -0.3 is 9.84 Å². The fourth-order valence-electron chi connectivity index (χ4n) is 4.08. The molecule has 0 spiro atoms. The fraction of sp³-hybridized carbons (Fsp3) is 0.929. The van der Waals surface area contributed by atoms with Gasteiger partial charge in [-0.25, -0.2) is 0 Å². The lowest BCUT2D eigenvalue weighted by atomic mass is 9.84. The molecule has 3 aliphatic rings. The predicted molar refractivity (Wildman–Crippen MR) is 67.4 cm³/mol. The highest BCUT2D eigenvalue weighted by atomic mass is 16.5. The number of carboxylic acid groups (broad SMARTS) is 1. The van der Waals surface area contributed by atoms with Crippen molar-refractivity contribution in [2.45, 2.75) is 50.6 Å². The number of hydrogen-bond donors (Lipinski definition) is 1. The largest absolute Gasteiger partial charge is 0.480 e. The maximum Gasteiger partial charge on any atom is 0.320 e. The molecule has 102 valence electrons. The molecule has 0 aromatic rings. The summed E-state index contributed by atoms with van der Waals surface area (Å²) in [4.78, 5) is 13.8. The van der Waals surface area contributed by atoms with Crippen LogP contribution in [0.5, 0.6) is 0 Å². The molecule has 2 aliphatic heterocycles. The summed E-state index contributed by atoms with van der Waals surface area (Å²) in [6.07, 6.45) is 6.95. The predicted octanol–water partition coefficient (Wildman–Crippen LogP) is 1.74. The Morgan fingerprint density at radius 1 is 1.28 bits per heavy atom. The van der Waals surface area contributed by atoms with E-state index >= 15 is 0 Å². The zero-order valence-corrected chi connectivity index (χ0v) is 10.9. The average molecular weight is 253 g/mol. The number of ether oxygens (including phenoxy) is 1. The summed E-state index contributed by atoms with van der Waals surface area (Å²) in [7, 11) is 0. The van der Waals surface area contributed by atoms with Gasteiger partial charge in [-0.2, -0.15) is 0 Å². The van der Waals surface area contributed by atoms with E-state index in [2.05, 4.69) is 4.90 Å². The molecule has 18 heavy (non-hydrogen) atoms. The molecule has 1 aliphatic carbocycles. The Bertz CT molecular complexity index is 314. The van der Waals surface area contributed by atoms with E-state index in [0.29, 0.717) is 17.9 Å². The molecule has 2 saturated heterocycles. The maximum atomic E-state index is 11.5. The van der Waals surface area contributed by atoms with E-state index in [1.54, 1.807) is 0 Å². The summed E-state index contributed by atoms with van der Waals surface area (Å²) in [6, 6.07) is 0.291. The van der Waals surface area contributed by atoms with Crippen LogP contribution in [0.25, 0.3) is 0 Å². The highest BCUT2D eigenvalue weighted by molar-refractivity contribution is 5.74. The third kappa shape index (κ3) is 2.28. The molecule has 0 amide bonds. The molecule has 1 N–H and O–H groups in total. The molecule has 0 bridgehead atoms. The first-order valence-electron chi connectivity index (χ1n) is 7.32. The number of carbonyl (C=O) groups is 1.